The minimum absolute atomic E-state index is 0.193. The van der Waals surface area contributed by atoms with Gasteiger partial charge in [0.2, 0.25) is 0 Å². The lowest BCUT2D eigenvalue weighted by Gasteiger charge is -2.14. The summed E-state index contributed by atoms with van der Waals surface area (Å²) >= 11 is 4.94. The van der Waals surface area contributed by atoms with Crippen molar-refractivity contribution in [2.75, 3.05) is 19.0 Å². The molecular weight excluding hydrogens is 222 g/mol. The lowest BCUT2D eigenvalue weighted by Crippen LogP contribution is -2.22. The lowest BCUT2D eigenvalue weighted by atomic mass is 10.2. The first-order chi connectivity index (χ1) is 7.52. The Morgan fingerprint density at radius 2 is 2.31 bits per heavy atom. The first kappa shape index (κ1) is 12.9. The second-order valence-electron chi connectivity index (χ2n) is 3.75. The summed E-state index contributed by atoms with van der Waals surface area (Å²) < 4.78 is 5.04. The summed E-state index contributed by atoms with van der Waals surface area (Å²) in [5.41, 5.74) is 7.31. The molecule has 0 aromatic carbocycles. The van der Waals surface area contributed by atoms with Gasteiger partial charge in [0.05, 0.1) is 6.61 Å². The molecule has 0 spiro atoms. The Hall–Kier alpha value is -1.20. The third-order valence-corrected chi connectivity index (χ3v) is 2.28. The normalized spacial score (nSPS) is 12.2. The maximum atomic E-state index is 5.59. The van der Waals surface area contributed by atoms with Crippen LogP contribution in [0.3, 0.4) is 0 Å². The Morgan fingerprint density at radius 1 is 1.62 bits per heavy atom. The quantitative estimate of drug-likeness (QED) is 0.762. The first-order valence-electron chi connectivity index (χ1n) is 5.07. The smallest absolute Gasteiger partial charge is 0.127 e. The number of rotatable bonds is 5. The van der Waals surface area contributed by atoms with Crippen LogP contribution in [0.25, 0.3) is 0 Å². The van der Waals surface area contributed by atoms with E-state index in [1.165, 1.54) is 0 Å². The van der Waals surface area contributed by atoms with Crippen molar-refractivity contribution in [1.82, 2.24) is 4.98 Å². The standard InChI is InChI=1S/C11H17N3OS/c1-7-4-9(11(12)16)5-10(13-7)14-8(2)6-15-3/h4-5,8H,6H2,1-3H3,(H2,12,16)(H,13,14). The fourth-order valence-corrected chi connectivity index (χ4v) is 1.55. The number of pyridine rings is 1. The van der Waals surface area contributed by atoms with E-state index in [0.29, 0.717) is 11.6 Å². The largest absolute Gasteiger partial charge is 0.389 e. The van der Waals surface area contributed by atoms with Crippen molar-refractivity contribution in [3.05, 3.63) is 23.4 Å². The van der Waals surface area contributed by atoms with Gasteiger partial charge in [-0.25, -0.2) is 4.98 Å². The van der Waals surface area contributed by atoms with Crippen LogP contribution in [-0.4, -0.2) is 29.7 Å². The number of methoxy groups -OCH3 is 1. The minimum atomic E-state index is 0.193. The van der Waals surface area contributed by atoms with Gasteiger partial charge in [-0.3, -0.25) is 0 Å². The van der Waals surface area contributed by atoms with E-state index in [4.69, 9.17) is 22.7 Å². The summed E-state index contributed by atoms with van der Waals surface area (Å²) in [6.45, 7) is 4.56. The highest BCUT2D eigenvalue weighted by Crippen LogP contribution is 2.11. The Labute approximate surface area is 101 Å². The zero-order valence-electron chi connectivity index (χ0n) is 9.78. The molecule has 1 atom stereocenters. The van der Waals surface area contributed by atoms with Crippen molar-refractivity contribution in [3.8, 4) is 0 Å². The van der Waals surface area contributed by atoms with E-state index >= 15 is 0 Å². The molecule has 5 heteroatoms. The van der Waals surface area contributed by atoms with Crippen LogP contribution in [-0.2, 0) is 4.74 Å². The number of nitrogens with zero attached hydrogens (tertiary/aromatic N) is 1. The predicted octanol–water partition coefficient (Wildman–Crippen LogP) is 1.47. The van der Waals surface area contributed by atoms with Crippen LogP contribution < -0.4 is 11.1 Å². The molecule has 1 heterocycles. The number of nitrogens with two attached hydrogens (primary N) is 1. The average molecular weight is 239 g/mol. The molecule has 16 heavy (non-hydrogen) atoms. The molecule has 0 radical (unpaired) electrons. The molecule has 4 nitrogen and oxygen atoms in total. The van der Waals surface area contributed by atoms with E-state index in [2.05, 4.69) is 10.3 Å². The van der Waals surface area contributed by atoms with E-state index in [-0.39, 0.29) is 6.04 Å². The van der Waals surface area contributed by atoms with Crippen LogP contribution in [0, 0.1) is 6.92 Å². The zero-order chi connectivity index (χ0) is 12.1. The molecular formula is C11H17N3OS. The molecule has 1 unspecified atom stereocenters. The number of thiocarbonyl (C=S) groups is 1. The topological polar surface area (TPSA) is 60.2 Å². The Kier molecular flexibility index (Phi) is 4.64. The summed E-state index contributed by atoms with van der Waals surface area (Å²) in [4.78, 5) is 4.74. The molecule has 88 valence electrons. The highest BCUT2D eigenvalue weighted by Gasteiger charge is 2.05. The van der Waals surface area contributed by atoms with E-state index in [1.54, 1.807) is 7.11 Å². The summed E-state index contributed by atoms with van der Waals surface area (Å²) in [7, 11) is 1.67. The van der Waals surface area contributed by atoms with Gasteiger partial charge in [0, 0.05) is 24.4 Å². The van der Waals surface area contributed by atoms with Crippen molar-refractivity contribution in [2.45, 2.75) is 19.9 Å². The number of anilines is 1. The molecule has 0 amide bonds. The second-order valence-corrected chi connectivity index (χ2v) is 4.19. The molecule has 0 aliphatic carbocycles. The number of ether oxygens (including phenoxy) is 1. The van der Waals surface area contributed by atoms with Gasteiger partial charge in [-0.1, -0.05) is 12.2 Å². The number of aryl methyl sites for hydroxylation is 1. The third-order valence-electron chi connectivity index (χ3n) is 2.05. The van der Waals surface area contributed by atoms with E-state index in [9.17, 15) is 0 Å². The average Bonchev–Trinajstić information content (AvgIpc) is 2.16. The zero-order valence-corrected chi connectivity index (χ0v) is 10.6. The molecule has 0 saturated carbocycles. The number of hydrogen-bond acceptors (Lipinski definition) is 4. The highest BCUT2D eigenvalue weighted by molar-refractivity contribution is 7.80. The molecule has 0 fully saturated rings. The van der Waals surface area contributed by atoms with Crippen molar-refractivity contribution in [1.29, 1.82) is 0 Å². The summed E-state index contributed by atoms with van der Waals surface area (Å²) in [5, 5.41) is 3.23. The summed E-state index contributed by atoms with van der Waals surface area (Å²) in [6.07, 6.45) is 0. The second kappa shape index (κ2) is 5.77. The monoisotopic (exact) mass is 239 g/mol. The summed E-state index contributed by atoms with van der Waals surface area (Å²) in [6, 6.07) is 3.91. The minimum Gasteiger partial charge on any atom is -0.389 e. The lowest BCUT2D eigenvalue weighted by molar-refractivity contribution is 0.190. The Bertz CT molecular complexity index is 381. The van der Waals surface area contributed by atoms with E-state index < -0.39 is 0 Å². The van der Waals surface area contributed by atoms with Gasteiger partial charge in [0.25, 0.3) is 0 Å². The van der Waals surface area contributed by atoms with Crippen molar-refractivity contribution >= 4 is 23.0 Å². The molecule has 1 aromatic rings. The van der Waals surface area contributed by atoms with E-state index in [1.807, 2.05) is 26.0 Å². The molecule has 0 aliphatic heterocycles. The predicted molar refractivity (Wildman–Crippen MR) is 69.8 cm³/mol. The fraction of sp³-hybridized carbons (Fsp3) is 0.455. The van der Waals surface area contributed by atoms with Crippen LogP contribution in [0.1, 0.15) is 18.2 Å². The van der Waals surface area contributed by atoms with Crippen molar-refractivity contribution in [3.63, 3.8) is 0 Å². The molecule has 3 N–H and O–H groups in total. The van der Waals surface area contributed by atoms with Gasteiger partial charge in [-0.2, -0.15) is 0 Å². The van der Waals surface area contributed by atoms with Gasteiger partial charge in [0.1, 0.15) is 10.8 Å². The first-order valence-corrected chi connectivity index (χ1v) is 5.47. The number of aromatic nitrogens is 1. The highest BCUT2D eigenvalue weighted by atomic mass is 32.1. The van der Waals surface area contributed by atoms with Crippen LogP contribution >= 0.6 is 12.2 Å². The van der Waals surface area contributed by atoms with Gasteiger partial charge in [-0.05, 0) is 26.0 Å². The Morgan fingerprint density at radius 3 is 2.88 bits per heavy atom. The Balaban J connectivity index is 2.84. The van der Waals surface area contributed by atoms with Gasteiger partial charge in [-0.15, -0.1) is 0 Å². The molecule has 1 aromatic heterocycles. The van der Waals surface area contributed by atoms with Gasteiger partial charge >= 0.3 is 0 Å². The van der Waals surface area contributed by atoms with Crippen LogP contribution in [0.4, 0.5) is 5.82 Å². The molecule has 0 bridgehead atoms. The molecule has 0 saturated heterocycles. The van der Waals surface area contributed by atoms with Crippen molar-refractivity contribution in [2.24, 2.45) is 5.73 Å². The van der Waals surface area contributed by atoms with Crippen LogP contribution in [0.15, 0.2) is 12.1 Å². The van der Waals surface area contributed by atoms with E-state index in [0.717, 1.165) is 17.1 Å². The third kappa shape index (κ3) is 3.75. The molecule has 0 aliphatic rings. The fourth-order valence-electron chi connectivity index (χ4n) is 1.43. The maximum Gasteiger partial charge on any atom is 0.127 e. The number of hydrogen-bond donors (Lipinski definition) is 2. The van der Waals surface area contributed by atoms with Crippen LogP contribution in [0.2, 0.25) is 0 Å². The van der Waals surface area contributed by atoms with Crippen LogP contribution in [0.5, 0.6) is 0 Å². The van der Waals surface area contributed by atoms with Gasteiger partial charge < -0.3 is 15.8 Å². The summed E-state index contributed by atoms with van der Waals surface area (Å²) in [5.74, 6) is 0.771. The maximum absolute atomic E-state index is 5.59. The van der Waals surface area contributed by atoms with Crippen molar-refractivity contribution < 1.29 is 4.74 Å². The SMILES string of the molecule is COCC(C)Nc1cc(C(N)=S)cc(C)n1. The van der Waals surface area contributed by atoms with Gasteiger partial charge in [0.15, 0.2) is 0 Å². The number of nitrogens with one attached hydrogen (secondary N) is 1. The molecule has 1 rings (SSSR count).